The molecule has 25 nitrogen and oxygen atoms in total. The summed E-state index contributed by atoms with van der Waals surface area (Å²) in [6.45, 7) is 2.66. The van der Waals surface area contributed by atoms with Crippen LogP contribution in [-0.2, 0) is 70.5 Å². The third-order valence-corrected chi connectivity index (χ3v) is 17.9. The quantitative estimate of drug-likeness (QED) is 0.0194. The highest BCUT2D eigenvalue weighted by Crippen LogP contribution is 2.37. The Morgan fingerprint density at radius 1 is 0.374 bits per heavy atom. The van der Waals surface area contributed by atoms with E-state index >= 15 is 0 Å². The Balaban J connectivity index is 0.000000165. The molecule has 0 radical (unpaired) electrons. The Morgan fingerprint density at radius 2 is 0.710 bits per heavy atom. The number of hydrogen-bond donors (Lipinski definition) is 8. The topological polar surface area (TPSA) is 349 Å². The minimum atomic E-state index is -1.04. The number of halogens is 2. The molecule has 4 aliphatic heterocycles. The zero-order valence-electron chi connectivity index (χ0n) is 58.5. The van der Waals surface area contributed by atoms with Gasteiger partial charge in [-0.25, -0.2) is 0 Å². The predicted octanol–water partition coefficient (Wildman–Crippen LogP) is 11.5. The van der Waals surface area contributed by atoms with E-state index in [1.54, 1.807) is 72.8 Å². The van der Waals surface area contributed by atoms with Crippen molar-refractivity contribution < 1.29 is 101 Å². The van der Waals surface area contributed by atoms with Crippen LogP contribution in [0.3, 0.4) is 0 Å². The van der Waals surface area contributed by atoms with Gasteiger partial charge in [0.25, 0.3) is 0 Å². The smallest absolute Gasteiger partial charge is 0.311 e. The summed E-state index contributed by atoms with van der Waals surface area (Å²) in [5.41, 5.74) is 7.16. The number of hydrogen-bond acceptors (Lipinski definition) is 17. The van der Waals surface area contributed by atoms with E-state index in [0.29, 0.717) is 108 Å². The van der Waals surface area contributed by atoms with Crippen LogP contribution in [0.15, 0.2) is 176 Å². The fourth-order valence-electron chi connectivity index (χ4n) is 11.8. The van der Waals surface area contributed by atoms with Crippen LogP contribution >= 0.6 is 23.2 Å². The molecule has 4 atom stereocenters. The summed E-state index contributed by atoms with van der Waals surface area (Å²) in [4.78, 5) is 94.1. The summed E-state index contributed by atoms with van der Waals surface area (Å²) in [7, 11) is 1.54. The van der Waals surface area contributed by atoms with Crippen LogP contribution in [0.1, 0.15) is 101 Å². The maximum absolute atomic E-state index is 12.4. The third kappa shape index (κ3) is 25.8. The van der Waals surface area contributed by atoms with E-state index in [2.05, 4.69) is 21.3 Å². The minimum Gasteiger partial charge on any atom is -0.497 e. The zero-order valence-corrected chi connectivity index (χ0v) is 60.0. The highest BCUT2D eigenvalue weighted by molar-refractivity contribution is 6.30. The van der Waals surface area contributed by atoms with E-state index < -0.39 is 47.5 Å². The number of ether oxygens (including phenoxy) is 9. The van der Waals surface area contributed by atoms with E-state index in [-0.39, 0.29) is 89.3 Å². The van der Waals surface area contributed by atoms with Crippen LogP contribution in [0, 0.1) is 5.92 Å². The van der Waals surface area contributed by atoms with Gasteiger partial charge in [0, 0.05) is 67.3 Å². The number of amides is 4. The number of benzene rings is 8. The van der Waals surface area contributed by atoms with Crippen molar-refractivity contribution in [1.82, 2.24) is 21.3 Å². The second kappa shape index (κ2) is 40.5. The van der Waals surface area contributed by atoms with Crippen LogP contribution < -0.4 is 63.9 Å². The molecule has 0 bridgehead atoms. The van der Waals surface area contributed by atoms with Crippen molar-refractivity contribution in [3.8, 4) is 51.7 Å². The Bertz CT molecular complexity index is 4200. The van der Waals surface area contributed by atoms with Gasteiger partial charge in [-0.15, -0.1) is 0 Å². The van der Waals surface area contributed by atoms with Gasteiger partial charge in [-0.05, 0) is 162 Å². The molecular weight excluding hydrogens is 1420 g/mol. The molecule has 4 amide bonds. The average Bonchev–Trinajstić information content (AvgIpc) is 1.25. The highest BCUT2D eigenvalue weighted by atomic mass is 35.5. The number of carbonyl (C=O) groups is 8. The van der Waals surface area contributed by atoms with Gasteiger partial charge in [-0.3, -0.25) is 38.4 Å². The molecule has 562 valence electrons. The first-order valence-corrected chi connectivity index (χ1v) is 35.1. The predicted molar refractivity (Wildman–Crippen MR) is 393 cm³/mol. The van der Waals surface area contributed by atoms with Crippen molar-refractivity contribution in [3.05, 3.63) is 230 Å². The third-order valence-electron chi connectivity index (χ3n) is 17.4. The number of carboxylic acid groups (broad SMARTS) is 4. The van der Waals surface area contributed by atoms with Crippen LogP contribution in [-0.4, -0.2) is 128 Å². The summed E-state index contributed by atoms with van der Waals surface area (Å²) < 4.78 is 47.5. The normalized spacial score (nSPS) is 13.2. The van der Waals surface area contributed by atoms with Gasteiger partial charge in [-0.1, -0.05) is 114 Å². The van der Waals surface area contributed by atoms with Crippen LogP contribution in [0.4, 0.5) is 0 Å². The Morgan fingerprint density at radius 3 is 1.06 bits per heavy atom. The van der Waals surface area contributed by atoms with E-state index in [4.69, 9.17) is 81.2 Å². The fraction of sp³-hybridized carbons (Fsp3) is 0.300. The first-order valence-electron chi connectivity index (χ1n) is 34.4. The maximum atomic E-state index is 12.4. The number of rotatable bonds is 32. The van der Waals surface area contributed by atoms with Crippen molar-refractivity contribution in [2.75, 3.05) is 60.5 Å². The Kier molecular flexibility index (Phi) is 30.1. The second-order valence-corrected chi connectivity index (χ2v) is 25.9. The lowest BCUT2D eigenvalue weighted by molar-refractivity contribution is -0.141. The lowest BCUT2D eigenvalue weighted by atomic mass is 9.92. The summed E-state index contributed by atoms with van der Waals surface area (Å²) in [6, 6.07) is 52.6. The molecule has 0 saturated heterocycles. The van der Waals surface area contributed by atoms with Crippen molar-refractivity contribution in [1.29, 1.82) is 0 Å². The molecule has 4 heterocycles. The number of fused-ring (bicyclic) bond motifs is 4. The first-order chi connectivity index (χ1) is 51.7. The second-order valence-electron chi connectivity index (χ2n) is 25.0. The van der Waals surface area contributed by atoms with Gasteiger partial charge in [0.15, 0.2) is 46.0 Å². The number of aliphatic carboxylic acids is 4. The first kappa shape index (κ1) is 79.4. The van der Waals surface area contributed by atoms with E-state index in [0.717, 1.165) is 56.2 Å². The summed E-state index contributed by atoms with van der Waals surface area (Å²) >= 11 is 11.8. The number of carboxylic acids is 4. The Labute approximate surface area is 627 Å². The van der Waals surface area contributed by atoms with Crippen molar-refractivity contribution in [2.24, 2.45) is 5.92 Å². The summed E-state index contributed by atoms with van der Waals surface area (Å²) in [6.07, 6.45) is 2.62. The molecule has 0 aromatic heterocycles. The summed E-state index contributed by atoms with van der Waals surface area (Å²) in [5.74, 6) is -0.742. The zero-order chi connectivity index (χ0) is 76.0. The van der Waals surface area contributed by atoms with Gasteiger partial charge in [0.2, 0.25) is 50.8 Å². The molecule has 8 aromatic rings. The standard InChI is InChI=1S/2C20H20ClNO5.C20H21NO6.C20H21NO5/c2*21-16-4-2-14(3-5-16)15(11-20(24)25)10-19(23)22-8-7-13-1-6-17-18(9-13)27-12-26-17;1-25-15-5-3-14(4-6-15)16(20(23)24)11-19(22)21-9-8-13-2-7-17-18(10-13)27-12-26-17;22-19(23)12-16(10-14-4-2-1-3-5-14)20(24)21-9-8-15-6-7-17-18(11-15)26-13-25-17/h2*1-6,9,15H,7-8,10-12H2,(H,22,23)(H,24,25);2-7,10,16H,8-9,11-12H2,1H3,(H,21,22)(H,23,24);1-7,11,16H,8-10,12-13H2,(H,21,24)(H,22,23). The molecule has 8 aromatic carbocycles. The Hall–Kier alpha value is -11.7. The largest absolute Gasteiger partial charge is 0.497 e. The molecule has 4 aliphatic rings. The van der Waals surface area contributed by atoms with Crippen LogP contribution in [0.5, 0.6) is 51.7 Å². The van der Waals surface area contributed by atoms with Gasteiger partial charge >= 0.3 is 23.9 Å². The van der Waals surface area contributed by atoms with Crippen molar-refractivity contribution >= 4 is 70.7 Å². The highest BCUT2D eigenvalue weighted by Gasteiger charge is 2.27. The molecule has 12 rings (SSSR count). The van der Waals surface area contributed by atoms with Crippen molar-refractivity contribution in [2.45, 2.75) is 88.4 Å². The minimum absolute atomic E-state index is 0.106. The number of carbonyl (C=O) groups excluding carboxylic acids is 4. The van der Waals surface area contributed by atoms with Gasteiger partial charge in [-0.2, -0.15) is 0 Å². The van der Waals surface area contributed by atoms with E-state index in [1.807, 2.05) is 103 Å². The molecule has 27 heteroatoms. The molecular formula is C80H82Cl2N4O21. The van der Waals surface area contributed by atoms with Crippen LogP contribution in [0.25, 0.3) is 0 Å². The lowest BCUT2D eigenvalue weighted by Crippen LogP contribution is -2.34. The maximum Gasteiger partial charge on any atom is 0.311 e. The molecule has 0 saturated carbocycles. The number of methoxy groups -OCH3 is 1. The van der Waals surface area contributed by atoms with Crippen molar-refractivity contribution in [3.63, 3.8) is 0 Å². The molecule has 0 spiro atoms. The lowest BCUT2D eigenvalue weighted by Gasteiger charge is -2.15. The van der Waals surface area contributed by atoms with Gasteiger partial charge in [0.1, 0.15) is 5.75 Å². The molecule has 0 fully saturated rings. The molecule has 107 heavy (non-hydrogen) atoms. The molecule has 0 aliphatic carbocycles. The SMILES string of the molecule is COc1ccc(C(CC(=O)NCCc2ccc3c(c2)OCO3)C(=O)O)cc1.O=C(O)CC(CC(=O)NCCc1ccc2c(c1)OCO2)c1ccc(Cl)cc1.O=C(O)CC(CC(=O)NCCc1ccc2c(c1)OCO2)c1ccc(Cl)cc1.O=C(O)CC(Cc1ccccc1)C(=O)NCCc1ccc2c(c1)OCO2. The van der Waals surface area contributed by atoms with Gasteiger partial charge < -0.3 is 84.3 Å². The molecule has 8 N–H and O–H groups in total. The van der Waals surface area contributed by atoms with E-state index in [9.17, 15) is 43.5 Å². The fourth-order valence-corrected chi connectivity index (χ4v) is 12.1. The molecule has 4 unspecified atom stereocenters. The van der Waals surface area contributed by atoms with Gasteiger partial charge in [0.05, 0.1) is 38.2 Å². The average molecular weight is 1510 g/mol. The monoisotopic (exact) mass is 1500 g/mol. The summed E-state index contributed by atoms with van der Waals surface area (Å²) in [5, 5.41) is 49.3. The van der Waals surface area contributed by atoms with E-state index in [1.165, 1.54) is 7.11 Å². The number of nitrogens with one attached hydrogen (secondary N) is 4. The van der Waals surface area contributed by atoms with Crippen LogP contribution in [0.2, 0.25) is 10.0 Å².